The summed E-state index contributed by atoms with van der Waals surface area (Å²) in [5, 5.41) is 8.83. The number of carbonyl (C=O) groups excluding carboxylic acids is 2. The van der Waals surface area contributed by atoms with Gasteiger partial charge >= 0.3 is 229 Å². The molecule has 0 aromatic heterocycles. The number of halogens is 12. The molecule has 41 heavy (non-hydrogen) atoms. The number of urea groups is 2. The summed E-state index contributed by atoms with van der Waals surface area (Å²) in [6, 6.07) is -1.02. The summed E-state index contributed by atoms with van der Waals surface area (Å²) in [4.78, 5) is 23.7. The summed E-state index contributed by atoms with van der Waals surface area (Å²) in [5.74, 6) is 0. The SMILES string of the molecule is O=C(NCC[Se]CCNC(=O)Nc1cc(C(F)(F)F)cc(C(F)(F)F)c1)Nc1cc(C(F)(F)F)cc(C(F)(F)F)c1. The molecule has 0 heterocycles. The van der Waals surface area contributed by atoms with E-state index in [9.17, 15) is 62.3 Å². The fourth-order valence-electron chi connectivity index (χ4n) is 2.98. The zero-order valence-electron chi connectivity index (χ0n) is 20.1. The Morgan fingerprint density at radius 2 is 0.780 bits per heavy atom. The van der Waals surface area contributed by atoms with Crippen LogP contribution in [0, 0.1) is 0 Å². The number of alkyl halides is 12. The first-order valence-electron chi connectivity index (χ1n) is 10.9. The molecule has 0 saturated carbocycles. The van der Waals surface area contributed by atoms with Crippen LogP contribution in [0.15, 0.2) is 36.4 Å². The monoisotopic (exact) mass is 678 g/mol. The predicted molar refractivity (Wildman–Crippen MR) is 122 cm³/mol. The van der Waals surface area contributed by atoms with E-state index in [1.165, 1.54) is 0 Å². The van der Waals surface area contributed by atoms with Crippen molar-refractivity contribution in [2.24, 2.45) is 0 Å². The molecule has 0 unspecified atom stereocenters. The van der Waals surface area contributed by atoms with Crippen LogP contribution in [-0.4, -0.2) is 40.1 Å². The van der Waals surface area contributed by atoms with Gasteiger partial charge in [0.05, 0.1) is 0 Å². The number of hydrogen-bond acceptors (Lipinski definition) is 2. The molecule has 0 aliphatic carbocycles. The zero-order valence-corrected chi connectivity index (χ0v) is 21.8. The first kappa shape index (κ1) is 33.9. The van der Waals surface area contributed by atoms with E-state index in [1.54, 1.807) is 0 Å². The summed E-state index contributed by atoms with van der Waals surface area (Å²) in [6.07, 6.45) is -20.4. The minimum atomic E-state index is -5.10. The van der Waals surface area contributed by atoms with Gasteiger partial charge in [-0.2, -0.15) is 0 Å². The van der Waals surface area contributed by atoms with Gasteiger partial charge in [-0.25, -0.2) is 0 Å². The Labute approximate surface area is 229 Å². The molecular weight excluding hydrogens is 659 g/mol. The van der Waals surface area contributed by atoms with E-state index in [1.807, 2.05) is 10.6 Å². The fourth-order valence-corrected chi connectivity index (χ4v) is 4.44. The maximum atomic E-state index is 12.9. The van der Waals surface area contributed by atoms with E-state index in [2.05, 4.69) is 10.6 Å². The van der Waals surface area contributed by atoms with Gasteiger partial charge in [-0.1, -0.05) is 0 Å². The van der Waals surface area contributed by atoms with Gasteiger partial charge in [0.2, 0.25) is 0 Å². The topological polar surface area (TPSA) is 82.3 Å². The van der Waals surface area contributed by atoms with E-state index in [0.29, 0.717) is 34.9 Å². The molecule has 0 atom stereocenters. The molecular formula is C22H18F12N4O2Se. The van der Waals surface area contributed by atoms with Crippen molar-refractivity contribution >= 4 is 38.4 Å². The first-order valence-corrected chi connectivity index (χ1v) is 13.3. The van der Waals surface area contributed by atoms with Crippen molar-refractivity contribution in [2.75, 3.05) is 23.7 Å². The normalized spacial score (nSPS) is 12.6. The molecule has 0 spiro atoms. The van der Waals surface area contributed by atoms with Crippen LogP contribution in [0.2, 0.25) is 10.6 Å². The van der Waals surface area contributed by atoms with Crippen LogP contribution >= 0.6 is 0 Å². The van der Waals surface area contributed by atoms with Crippen molar-refractivity contribution in [3.05, 3.63) is 58.7 Å². The summed E-state index contributed by atoms with van der Waals surface area (Å²) < 4.78 is 155. The molecule has 4 amide bonds. The Morgan fingerprint density at radius 1 is 0.512 bits per heavy atom. The van der Waals surface area contributed by atoms with Gasteiger partial charge in [-0.15, -0.1) is 0 Å². The number of amides is 4. The van der Waals surface area contributed by atoms with Gasteiger partial charge in [0, 0.05) is 0 Å². The number of benzene rings is 2. The van der Waals surface area contributed by atoms with Gasteiger partial charge < -0.3 is 0 Å². The number of nitrogens with one attached hydrogen (secondary N) is 4. The van der Waals surface area contributed by atoms with Crippen LogP contribution in [0.4, 0.5) is 73.6 Å². The molecule has 2 aromatic rings. The number of hydrogen-bond donors (Lipinski definition) is 4. The van der Waals surface area contributed by atoms with Gasteiger partial charge in [0.25, 0.3) is 0 Å². The van der Waals surface area contributed by atoms with E-state index in [4.69, 9.17) is 0 Å². The summed E-state index contributed by atoms with van der Waals surface area (Å²) >= 11 is -0.278. The number of rotatable bonds is 8. The van der Waals surface area contributed by atoms with Gasteiger partial charge in [-0.3, -0.25) is 0 Å². The van der Waals surface area contributed by atoms with Crippen LogP contribution in [0.1, 0.15) is 22.3 Å². The van der Waals surface area contributed by atoms with Crippen molar-refractivity contribution in [2.45, 2.75) is 35.3 Å². The van der Waals surface area contributed by atoms with Crippen molar-refractivity contribution in [1.29, 1.82) is 0 Å². The molecule has 0 bridgehead atoms. The third-order valence-corrected chi connectivity index (χ3v) is 6.82. The van der Waals surface area contributed by atoms with Crippen molar-refractivity contribution in [3.63, 3.8) is 0 Å². The second-order valence-corrected chi connectivity index (χ2v) is 10.5. The molecule has 0 aliphatic heterocycles. The average molecular weight is 677 g/mol. The van der Waals surface area contributed by atoms with Gasteiger partial charge in [0.15, 0.2) is 0 Å². The van der Waals surface area contributed by atoms with E-state index >= 15 is 0 Å². The Morgan fingerprint density at radius 3 is 1.02 bits per heavy atom. The van der Waals surface area contributed by atoms with Crippen LogP contribution < -0.4 is 21.3 Å². The van der Waals surface area contributed by atoms with Crippen molar-refractivity contribution < 1.29 is 62.3 Å². The number of carbonyl (C=O) groups is 2. The third kappa shape index (κ3) is 11.2. The summed E-state index contributed by atoms with van der Waals surface area (Å²) in [6.45, 7) is -0.0961. The molecule has 2 rings (SSSR count). The first-order chi connectivity index (χ1) is 18.7. The molecule has 19 heteroatoms. The van der Waals surface area contributed by atoms with E-state index < -0.39 is 70.4 Å². The predicted octanol–water partition coefficient (Wildman–Crippen LogP) is 7.25. The molecule has 0 radical (unpaired) electrons. The molecule has 6 nitrogen and oxygen atoms in total. The maximum absolute atomic E-state index is 12.9. The van der Waals surface area contributed by atoms with Gasteiger partial charge in [0.1, 0.15) is 0 Å². The second-order valence-electron chi connectivity index (χ2n) is 7.96. The quantitative estimate of drug-likeness (QED) is 0.135. The zero-order chi connectivity index (χ0) is 31.2. The third-order valence-electron chi connectivity index (χ3n) is 4.75. The summed E-state index contributed by atoms with van der Waals surface area (Å²) in [7, 11) is 0. The standard InChI is InChI=1S/C22H18F12N4O2Se/c23-19(24,25)11-5-12(20(26,27)28)8-15(7-11)37-17(39)35-1-3-41-4-2-36-18(40)38-16-9-13(21(29,30)31)6-14(10-16)22(32,33)34/h5-10H,1-4H2,(H2,35,37,39)(H2,36,38,40). The Balaban J connectivity index is 1.79. The molecule has 228 valence electrons. The summed E-state index contributed by atoms with van der Waals surface area (Å²) in [5.41, 5.74) is -7.94. The second kappa shape index (κ2) is 13.1. The molecule has 2 aromatic carbocycles. The molecule has 0 saturated heterocycles. The minimum absolute atomic E-state index is 0.0480. The Hall–Kier alpha value is -3.34. The molecule has 4 N–H and O–H groups in total. The van der Waals surface area contributed by atoms with Crippen molar-refractivity contribution in [3.8, 4) is 0 Å². The Bertz CT molecular complexity index is 1070. The van der Waals surface area contributed by atoms with E-state index in [-0.39, 0.29) is 40.2 Å². The van der Waals surface area contributed by atoms with E-state index in [0.717, 1.165) is 0 Å². The van der Waals surface area contributed by atoms with Crippen LogP contribution in [0.25, 0.3) is 0 Å². The van der Waals surface area contributed by atoms with Crippen molar-refractivity contribution in [1.82, 2.24) is 10.6 Å². The molecule has 0 aliphatic rings. The Kier molecular flexibility index (Phi) is 10.8. The van der Waals surface area contributed by atoms with Crippen LogP contribution in [0.5, 0.6) is 0 Å². The number of anilines is 2. The van der Waals surface area contributed by atoms with Crippen LogP contribution in [-0.2, 0) is 24.7 Å². The van der Waals surface area contributed by atoms with Crippen LogP contribution in [0.3, 0.4) is 0 Å². The average Bonchev–Trinajstić information content (AvgIpc) is 2.80. The molecule has 0 fully saturated rings. The fraction of sp³-hybridized carbons (Fsp3) is 0.364. The van der Waals surface area contributed by atoms with Gasteiger partial charge in [-0.05, 0) is 0 Å².